The number of anilines is 1. The number of carbonyl (C=O) groups is 2. The third-order valence-electron chi connectivity index (χ3n) is 4.86. The Balaban J connectivity index is 1.30. The van der Waals surface area contributed by atoms with Gasteiger partial charge in [0, 0.05) is 25.7 Å². The lowest BCUT2D eigenvalue weighted by Crippen LogP contribution is -2.41. The van der Waals surface area contributed by atoms with E-state index in [9.17, 15) is 18.8 Å². The van der Waals surface area contributed by atoms with Crippen molar-refractivity contribution in [1.82, 2.24) is 20.0 Å². The Bertz CT molecular complexity index is 1140. The highest BCUT2D eigenvalue weighted by Crippen LogP contribution is 2.23. The number of amides is 3. The molecule has 1 aliphatic heterocycles. The van der Waals surface area contributed by atoms with Crippen molar-refractivity contribution >= 4 is 17.6 Å². The van der Waals surface area contributed by atoms with Crippen LogP contribution in [0.4, 0.5) is 14.9 Å². The van der Waals surface area contributed by atoms with Gasteiger partial charge >= 0.3 is 6.03 Å². The lowest BCUT2D eigenvalue weighted by molar-refractivity contribution is -0.121. The number of para-hydroxylation sites is 1. The summed E-state index contributed by atoms with van der Waals surface area (Å²) in [5.41, 5.74) is 0.393. The van der Waals surface area contributed by atoms with Crippen LogP contribution in [0.15, 0.2) is 64.0 Å². The summed E-state index contributed by atoms with van der Waals surface area (Å²) in [7, 11) is 0. The summed E-state index contributed by atoms with van der Waals surface area (Å²) < 4.78 is 20.5. The molecule has 1 fully saturated rings. The van der Waals surface area contributed by atoms with E-state index in [2.05, 4.69) is 10.4 Å². The standard InChI is InChI=1S/C21H20FN5O4/c22-15-4-1-2-5-17(15)26-12-11-25(21(26)30)14-19(28)23-9-10-27-20(29)8-7-16(24-27)18-6-3-13-31-18/h1-8,13H,9-12,14H2,(H,23,28). The molecule has 1 aromatic carbocycles. The van der Waals surface area contributed by atoms with E-state index in [1.165, 1.54) is 38.9 Å². The van der Waals surface area contributed by atoms with Crippen LogP contribution in [0.1, 0.15) is 0 Å². The van der Waals surface area contributed by atoms with Gasteiger partial charge in [-0.2, -0.15) is 5.10 Å². The van der Waals surface area contributed by atoms with Gasteiger partial charge in [-0.05, 0) is 30.3 Å². The number of urea groups is 1. The first-order chi connectivity index (χ1) is 15.0. The highest BCUT2D eigenvalue weighted by molar-refractivity contribution is 5.96. The summed E-state index contributed by atoms with van der Waals surface area (Å²) in [6.07, 6.45) is 1.51. The van der Waals surface area contributed by atoms with Gasteiger partial charge in [0.15, 0.2) is 5.76 Å². The molecule has 0 unspecified atom stereocenters. The fourth-order valence-corrected chi connectivity index (χ4v) is 3.32. The number of aromatic nitrogens is 2. The van der Waals surface area contributed by atoms with E-state index in [4.69, 9.17) is 4.42 Å². The van der Waals surface area contributed by atoms with Crippen molar-refractivity contribution in [1.29, 1.82) is 0 Å². The number of benzene rings is 1. The van der Waals surface area contributed by atoms with Crippen LogP contribution in [0.3, 0.4) is 0 Å². The predicted octanol–water partition coefficient (Wildman–Crippen LogP) is 1.70. The van der Waals surface area contributed by atoms with Crippen molar-refractivity contribution in [3.8, 4) is 11.5 Å². The molecule has 3 aromatic rings. The van der Waals surface area contributed by atoms with Crippen LogP contribution in [0, 0.1) is 5.82 Å². The molecular formula is C21H20FN5O4. The summed E-state index contributed by atoms with van der Waals surface area (Å²) >= 11 is 0. The maximum Gasteiger partial charge on any atom is 0.325 e. The number of furan rings is 1. The molecule has 31 heavy (non-hydrogen) atoms. The molecule has 10 heteroatoms. The number of hydrogen-bond donors (Lipinski definition) is 1. The van der Waals surface area contributed by atoms with Gasteiger partial charge < -0.3 is 14.6 Å². The van der Waals surface area contributed by atoms with E-state index < -0.39 is 11.8 Å². The molecule has 0 radical (unpaired) electrons. The van der Waals surface area contributed by atoms with Crippen LogP contribution in [-0.2, 0) is 11.3 Å². The van der Waals surface area contributed by atoms with Crippen LogP contribution < -0.4 is 15.8 Å². The van der Waals surface area contributed by atoms with Gasteiger partial charge in [-0.3, -0.25) is 14.5 Å². The molecule has 0 bridgehead atoms. The van der Waals surface area contributed by atoms with Crippen molar-refractivity contribution in [3.05, 3.63) is 71.0 Å². The SMILES string of the molecule is O=C(CN1CCN(c2ccccc2F)C1=O)NCCn1nc(-c2ccco2)ccc1=O. The number of hydrogen-bond acceptors (Lipinski definition) is 5. The minimum absolute atomic E-state index is 0.154. The van der Waals surface area contributed by atoms with Gasteiger partial charge in [-0.15, -0.1) is 0 Å². The molecular weight excluding hydrogens is 405 g/mol. The summed E-state index contributed by atoms with van der Waals surface area (Å²) in [5.74, 6) is -0.333. The Morgan fingerprint density at radius 3 is 2.71 bits per heavy atom. The molecule has 1 aliphatic rings. The summed E-state index contributed by atoms with van der Waals surface area (Å²) in [5, 5.41) is 6.91. The first-order valence-electron chi connectivity index (χ1n) is 9.72. The number of halogens is 1. The molecule has 0 spiro atoms. The highest BCUT2D eigenvalue weighted by atomic mass is 19.1. The molecule has 0 atom stereocenters. The lowest BCUT2D eigenvalue weighted by atomic mass is 10.3. The van der Waals surface area contributed by atoms with E-state index in [0.29, 0.717) is 24.5 Å². The monoisotopic (exact) mass is 425 g/mol. The molecule has 3 heterocycles. The fraction of sp³-hybridized carbons (Fsp3) is 0.238. The Morgan fingerprint density at radius 2 is 1.94 bits per heavy atom. The van der Waals surface area contributed by atoms with Crippen molar-refractivity contribution in [2.45, 2.75) is 6.54 Å². The maximum atomic E-state index is 14.0. The Morgan fingerprint density at radius 1 is 1.10 bits per heavy atom. The summed E-state index contributed by atoms with van der Waals surface area (Å²) in [6.45, 7) is 0.776. The third-order valence-corrected chi connectivity index (χ3v) is 4.86. The van der Waals surface area contributed by atoms with Gasteiger partial charge in [0.25, 0.3) is 5.56 Å². The van der Waals surface area contributed by atoms with Gasteiger partial charge in [-0.25, -0.2) is 13.9 Å². The van der Waals surface area contributed by atoms with Crippen LogP contribution in [0.2, 0.25) is 0 Å². The molecule has 1 saturated heterocycles. The van der Waals surface area contributed by atoms with Crippen molar-refractivity contribution in [3.63, 3.8) is 0 Å². The largest absolute Gasteiger partial charge is 0.463 e. The van der Waals surface area contributed by atoms with Crippen molar-refractivity contribution < 1.29 is 18.4 Å². The number of rotatable bonds is 7. The molecule has 1 N–H and O–H groups in total. The summed E-state index contributed by atoms with van der Waals surface area (Å²) in [6, 6.07) is 12.0. The average Bonchev–Trinajstić information content (AvgIpc) is 3.41. The molecule has 0 aliphatic carbocycles. The number of nitrogens with one attached hydrogen (secondary N) is 1. The molecule has 9 nitrogen and oxygen atoms in total. The molecule has 4 rings (SSSR count). The number of nitrogens with zero attached hydrogens (tertiary/aromatic N) is 4. The second-order valence-electron chi connectivity index (χ2n) is 6.91. The summed E-state index contributed by atoms with van der Waals surface area (Å²) in [4.78, 5) is 39.5. The minimum Gasteiger partial charge on any atom is -0.463 e. The van der Waals surface area contributed by atoms with E-state index in [1.807, 2.05) is 0 Å². The lowest BCUT2D eigenvalue weighted by Gasteiger charge is -2.18. The third kappa shape index (κ3) is 4.47. The zero-order valence-electron chi connectivity index (χ0n) is 16.5. The van der Waals surface area contributed by atoms with Crippen molar-refractivity contribution in [2.24, 2.45) is 0 Å². The molecule has 160 valence electrons. The second kappa shape index (κ2) is 8.82. The molecule has 3 amide bonds. The average molecular weight is 425 g/mol. The maximum absolute atomic E-state index is 14.0. The Hall–Kier alpha value is -3.95. The van der Waals surface area contributed by atoms with E-state index >= 15 is 0 Å². The smallest absolute Gasteiger partial charge is 0.325 e. The van der Waals surface area contributed by atoms with Gasteiger partial charge in [0.2, 0.25) is 5.91 Å². The van der Waals surface area contributed by atoms with Gasteiger partial charge in [-0.1, -0.05) is 12.1 Å². The number of carbonyl (C=O) groups excluding carboxylic acids is 2. The van der Waals surface area contributed by atoms with E-state index in [0.717, 1.165) is 0 Å². The highest BCUT2D eigenvalue weighted by Gasteiger charge is 2.32. The van der Waals surface area contributed by atoms with Crippen LogP contribution in [-0.4, -0.2) is 52.8 Å². The predicted molar refractivity (Wildman–Crippen MR) is 110 cm³/mol. The normalized spacial score (nSPS) is 13.6. The van der Waals surface area contributed by atoms with Crippen molar-refractivity contribution in [2.75, 3.05) is 31.1 Å². The first kappa shape index (κ1) is 20.3. The Labute approximate surface area is 176 Å². The fourth-order valence-electron chi connectivity index (χ4n) is 3.32. The Kier molecular flexibility index (Phi) is 5.78. The minimum atomic E-state index is -0.489. The molecule has 2 aromatic heterocycles. The van der Waals surface area contributed by atoms with E-state index in [-0.39, 0.29) is 36.8 Å². The van der Waals surface area contributed by atoms with Crippen LogP contribution in [0.5, 0.6) is 0 Å². The van der Waals surface area contributed by atoms with Crippen LogP contribution in [0.25, 0.3) is 11.5 Å². The van der Waals surface area contributed by atoms with Crippen LogP contribution >= 0.6 is 0 Å². The quantitative estimate of drug-likeness (QED) is 0.621. The second-order valence-corrected chi connectivity index (χ2v) is 6.91. The first-order valence-corrected chi connectivity index (χ1v) is 9.72. The zero-order chi connectivity index (χ0) is 21.8. The molecule has 0 saturated carbocycles. The zero-order valence-corrected chi connectivity index (χ0v) is 16.5. The topological polar surface area (TPSA) is 101 Å². The van der Waals surface area contributed by atoms with Gasteiger partial charge in [0.1, 0.15) is 18.1 Å². The van der Waals surface area contributed by atoms with Gasteiger partial charge in [0.05, 0.1) is 18.5 Å². The van der Waals surface area contributed by atoms with E-state index in [1.54, 1.807) is 30.3 Å².